The Morgan fingerprint density at radius 3 is 2.58 bits per heavy atom. The molecule has 2 heterocycles. The van der Waals surface area contributed by atoms with Gasteiger partial charge in [-0.2, -0.15) is 5.26 Å². The summed E-state index contributed by atoms with van der Waals surface area (Å²) in [5.41, 5.74) is 10.7. The van der Waals surface area contributed by atoms with Crippen LogP contribution in [0.4, 0.5) is 11.4 Å². The third-order valence-corrected chi connectivity index (χ3v) is 8.31. The predicted octanol–water partition coefficient (Wildman–Crippen LogP) is 7.00. The normalized spacial score (nSPS) is 19.2. The smallest absolute Gasteiger partial charge is 0.103 e. The van der Waals surface area contributed by atoms with Gasteiger partial charge in [0.1, 0.15) is 6.07 Å². The van der Waals surface area contributed by atoms with Crippen LogP contribution in [0.3, 0.4) is 0 Å². The quantitative estimate of drug-likeness (QED) is 0.182. The van der Waals surface area contributed by atoms with Gasteiger partial charge >= 0.3 is 0 Å². The summed E-state index contributed by atoms with van der Waals surface area (Å²) < 4.78 is 9.75. The first-order valence-electron chi connectivity index (χ1n) is 13.8. The van der Waals surface area contributed by atoms with Crippen LogP contribution in [-0.2, 0) is 5.54 Å². The SMILES string of the molecule is [2H]C(Nc1cc(Cl)c2ncc(C#N)c(NC3(c4ccccc4)CC3)c2c1)(C1=CN(C2CC2)NN1)c1ccccc1Cl. The number of nitrogens with one attached hydrogen (secondary N) is 4. The van der Waals surface area contributed by atoms with E-state index in [0.717, 1.165) is 25.7 Å². The van der Waals surface area contributed by atoms with Crippen molar-refractivity contribution in [1.82, 2.24) is 21.0 Å². The van der Waals surface area contributed by atoms with Crippen molar-refractivity contribution in [2.45, 2.75) is 43.3 Å². The van der Waals surface area contributed by atoms with Crippen LogP contribution in [0.25, 0.3) is 10.9 Å². The van der Waals surface area contributed by atoms with Gasteiger partial charge in [0.15, 0.2) is 0 Å². The van der Waals surface area contributed by atoms with Crippen LogP contribution >= 0.6 is 23.2 Å². The summed E-state index contributed by atoms with van der Waals surface area (Å²) in [4.78, 5) is 4.53. The van der Waals surface area contributed by atoms with Crippen molar-refractivity contribution in [3.8, 4) is 6.07 Å². The molecule has 3 aromatic carbocycles. The molecule has 9 heteroatoms. The lowest BCUT2D eigenvalue weighted by atomic mass is 10.0. The molecule has 1 unspecified atom stereocenters. The molecule has 0 amide bonds. The van der Waals surface area contributed by atoms with Gasteiger partial charge in [-0.15, -0.1) is 5.53 Å². The summed E-state index contributed by atoms with van der Waals surface area (Å²) in [5.74, 6) is 0. The lowest BCUT2D eigenvalue weighted by Crippen LogP contribution is -2.38. The molecule has 7 nitrogen and oxygen atoms in total. The van der Waals surface area contributed by atoms with E-state index in [-0.39, 0.29) is 5.54 Å². The number of aromatic nitrogens is 1. The molecule has 3 aliphatic rings. The van der Waals surface area contributed by atoms with Gasteiger partial charge in [0.2, 0.25) is 0 Å². The van der Waals surface area contributed by atoms with Gasteiger partial charge in [0, 0.05) is 34.5 Å². The third-order valence-electron chi connectivity index (χ3n) is 7.70. The number of rotatable bonds is 8. The molecule has 40 heavy (non-hydrogen) atoms. The van der Waals surface area contributed by atoms with E-state index in [1.165, 1.54) is 5.56 Å². The zero-order valence-corrected chi connectivity index (χ0v) is 23.0. The molecule has 2 saturated carbocycles. The number of nitriles is 1. The van der Waals surface area contributed by atoms with Gasteiger partial charge in [0.05, 0.1) is 40.4 Å². The van der Waals surface area contributed by atoms with Gasteiger partial charge in [-0.05, 0) is 55.0 Å². The van der Waals surface area contributed by atoms with Gasteiger partial charge in [-0.25, -0.2) is 0 Å². The number of halogens is 2. The maximum Gasteiger partial charge on any atom is 0.103 e. The van der Waals surface area contributed by atoms with Crippen LogP contribution < -0.4 is 21.6 Å². The fourth-order valence-corrected chi connectivity index (χ4v) is 5.75. The van der Waals surface area contributed by atoms with Crippen LogP contribution in [0.2, 0.25) is 10.0 Å². The highest BCUT2D eigenvalue weighted by atomic mass is 35.5. The molecular formula is C31H27Cl2N7. The number of fused-ring (bicyclic) bond motifs is 1. The van der Waals surface area contributed by atoms with Crippen molar-refractivity contribution in [2.75, 3.05) is 10.6 Å². The lowest BCUT2D eigenvalue weighted by Gasteiger charge is -2.24. The standard InChI is InChI=1S/C31H27Cl2N7/c32-25-9-5-4-8-23(25)30(27-18-40(39-38-27)22-10-11-22)36-21-14-24-28(19(16-34)17-35-29(24)26(33)15-21)37-31(12-13-31)20-6-2-1-3-7-20/h1-9,14-15,17-18,22,30,36,38-39H,10-13H2,(H,35,37)/i30D. The van der Waals surface area contributed by atoms with Gasteiger partial charge < -0.3 is 16.1 Å². The van der Waals surface area contributed by atoms with Gasteiger partial charge in [0.25, 0.3) is 0 Å². The van der Waals surface area contributed by atoms with Crippen molar-refractivity contribution in [2.24, 2.45) is 0 Å². The van der Waals surface area contributed by atoms with E-state index in [9.17, 15) is 6.63 Å². The topological polar surface area (TPSA) is 88.0 Å². The zero-order chi connectivity index (χ0) is 28.2. The largest absolute Gasteiger partial charge is 0.374 e. The average Bonchev–Trinajstić information content (AvgIpc) is 3.92. The third kappa shape index (κ3) is 4.58. The first kappa shape index (κ1) is 23.9. The molecule has 0 spiro atoms. The molecule has 1 aliphatic heterocycles. The molecule has 0 saturated heterocycles. The second-order valence-electron chi connectivity index (χ2n) is 10.5. The summed E-state index contributed by atoms with van der Waals surface area (Å²) in [6, 6.07) is 22.5. The predicted molar refractivity (Wildman–Crippen MR) is 159 cm³/mol. The molecule has 1 aromatic heterocycles. The van der Waals surface area contributed by atoms with Crippen LogP contribution in [0.15, 0.2) is 84.8 Å². The van der Waals surface area contributed by atoms with Crippen molar-refractivity contribution < 1.29 is 1.37 Å². The molecule has 2 fully saturated rings. The number of hydrazine groups is 2. The molecule has 200 valence electrons. The van der Waals surface area contributed by atoms with Crippen LogP contribution in [0, 0.1) is 11.3 Å². The summed E-state index contributed by atoms with van der Waals surface area (Å²) in [7, 11) is 0. The second-order valence-corrected chi connectivity index (χ2v) is 11.3. The average molecular weight is 570 g/mol. The Morgan fingerprint density at radius 2 is 1.85 bits per heavy atom. The Bertz CT molecular complexity index is 1730. The summed E-state index contributed by atoms with van der Waals surface area (Å²) in [6.45, 7) is 0. The highest BCUT2D eigenvalue weighted by Gasteiger charge is 2.45. The van der Waals surface area contributed by atoms with Gasteiger partial charge in [-0.3, -0.25) is 9.99 Å². The minimum atomic E-state index is -1.48. The minimum absolute atomic E-state index is 0.260. The van der Waals surface area contributed by atoms with E-state index < -0.39 is 6.02 Å². The highest BCUT2D eigenvalue weighted by Crippen LogP contribution is 2.50. The van der Waals surface area contributed by atoms with E-state index in [0.29, 0.717) is 55.2 Å². The molecule has 4 aromatic rings. The van der Waals surface area contributed by atoms with E-state index in [4.69, 9.17) is 23.2 Å². The van der Waals surface area contributed by atoms with Crippen LogP contribution in [-0.4, -0.2) is 16.0 Å². The van der Waals surface area contributed by atoms with E-state index in [1.807, 2.05) is 53.7 Å². The van der Waals surface area contributed by atoms with Crippen LogP contribution in [0.1, 0.15) is 49.8 Å². The van der Waals surface area contributed by atoms with Crippen molar-refractivity contribution in [3.05, 3.63) is 112 Å². The first-order chi connectivity index (χ1) is 19.9. The number of hydrogen-bond donors (Lipinski definition) is 4. The Morgan fingerprint density at radius 1 is 1.07 bits per heavy atom. The summed E-state index contributed by atoms with van der Waals surface area (Å²) in [5, 5.41) is 20.7. The van der Waals surface area contributed by atoms with E-state index in [1.54, 1.807) is 18.3 Å². The number of anilines is 2. The minimum Gasteiger partial charge on any atom is -0.374 e. The molecule has 0 radical (unpaired) electrons. The lowest BCUT2D eigenvalue weighted by molar-refractivity contribution is 0.260. The van der Waals surface area contributed by atoms with E-state index >= 15 is 0 Å². The summed E-state index contributed by atoms with van der Waals surface area (Å²) in [6.07, 6.45) is 7.57. The Kier molecular flexibility index (Phi) is 5.91. The highest BCUT2D eigenvalue weighted by molar-refractivity contribution is 6.36. The van der Waals surface area contributed by atoms with Crippen molar-refractivity contribution in [3.63, 3.8) is 0 Å². The number of nitrogens with zero attached hydrogens (tertiary/aromatic N) is 3. The van der Waals surface area contributed by atoms with Gasteiger partial charge in [-0.1, -0.05) is 71.7 Å². The fraction of sp³-hybridized carbons (Fsp3) is 0.226. The number of benzene rings is 3. The molecule has 7 rings (SSSR count). The van der Waals surface area contributed by atoms with Crippen molar-refractivity contribution in [1.29, 1.82) is 5.26 Å². The molecule has 2 aliphatic carbocycles. The zero-order valence-electron chi connectivity index (χ0n) is 22.5. The van der Waals surface area contributed by atoms with Crippen molar-refractivity contribution >= 4 is 45.5 Å². The molecule has 4 N–H and O–H groups in total. The van der Waals surface area contributed by atoms with Crippen LogP contribution in [0.5, 0.6) is 0 Å². The molecular weight excluding hydrogens is 541 g/mol. The summed E-state index contributed by atoms with van der Waals surface area (Å²) >= 11 is 13.5. The Hall–Kier alpha value is -3.96. The second kappa shape index (κ2) is 9.90. The molecule has 0 bridgehead atoms. The number of pyridine rings is 1. The maximum absolute atomic E-state index is 10.0. The maximum atomic E-state index is 10.0. The van der Waals surface area contributed by atoms with E-state index in [2.05, 4.69) is 44.8 Å². The number of hydrogen-bond acceptors (Lipinski definition) is 7. The Labute approximate surface area is 244 Å². The molecule has 1 atom stereocenters. The Balaban J connectivity index is 1.33. The monoisotopic (exact) mass is 568 g/mol. The first-order valence-corrected chi connectivity index (χ1v) is 14.1. The fourth-order valence-electron chi connectivity index (χ4n) is 5.25.